The summed E-state index contributed by atoms with van der Waals surface area (Å²) in [7, 11) is 0. The van der Waals surface area contributed by atoms with Gasteiger partial charge in [-0.25, -0.2) is 9.97 Å². The van der Waals surface area contributed by atoms with Crippen molar-refractivity contribution in [1.82, 2.24) is 9.97 Å². The molecule has 0 aliphatic heterocycles. The van der Waals surface area contributed by atoms with E-state index in [0.29, 0.717) is 30.5 Å². The highest BCUT2D eigenvalue weighted by Gasteiger charge is 2.14. The van der Waals surface area contributed by atoms with Gasteiger partial charge in [-0.05, 0) is 13.5 Å². The predicted octanol–water partition coefficient (Wildman–Crippen LogP) is 1.45. The summed E-state index contributed by atoms with van der Waals surface area (Å²) in [5, 5.41) is 0. The molecule has 2 aromatic rings. The van der Waals surface area contributed by atoms with E-state index in [1.165, 1.54) is 0 Å². The van der Waals surface area contributed by atoms with E-state index in [4.69, 9.17) is 14.6 Å². The molecule has 2 rings (SSSR count). The number of nitrogens with two attached hydrogens (primary N) is 1. The normalized spacial score (nSPS) is 10.9. The van der Waals surface area contributed by atoms with E-state index in [1.807, 2.05) is 6.92 Å². The van der Waals surface area contributed by atoms with E-state index >= 15 is 0 Å². The molecule has 5 nitrogen and oxygen atoms in total. The molecule has 2 heterocycles. The molecule has 0 saturated carbocycles. The van der Waals surface area contributed by atoms with Crippen LogP contribution in [0.1, 0.15) is 17.3 Å². The first-order valence-electron chi connectivity index (χ1n) is 4.80. The summed E-state index contributed by atoms with van der Waals surface area (Å²) in [5.74, 6) is 2.44. The van der Waals surface area contributed by atoms with Crippen molar-refractivity contribution < 1.29 is 8.83 Å². The van der Waals surface area contributed by atoms with E-state index in [1.54, 1.807) is 13.1 Å². The van der Waals surface area contributed by atoms with Crippen molar-refractivity contribution in [1.29, 1.82) is 0 Å². The van der Waals surface area contributed by atoms with E-state index < -0.39 is 0 Å². The van der Waals surface area contributed by atoms with Gasteiger partial charge in [0.2, 0.25) is 5.76 Å². The largest absolute Gasteiger partial charge is 0.439 e. The predicted molar refractivity (Wildman–Crippen MR) is 54.2 cm³/mol. The molecule has 80 valence electrons. The fourth-order valence-electron chi connectivity index (χ4n) is 1.40. The van der Waals surface area contributed by atoms with Crippen LogP contribution in [0.5, 0.6) is 0 Å². The van der Waals surface area contributed by atoms with Gasteiger partial charge in [-0.15, -0.1) is 0 Å². The summed E-state index contributed by atoms with van der Waals surface area (Å²) < 4.78 is 10.9. The van der Waals surface area contributed by atoms with Gasteiger partial charge in [0, 0.05) is 13.3 Å². The van der Waals surface area contributed by atoms with Crippen LogP contribution in [-0.2, 0) is 6.42 Å². The minimum atomic E-state index is 0.469. The molecule has 0 aromatic carbocycles. The van der Waals surface area contributed by atoms with Gasteiger partial charge in [0.25, 0.3) is 5.89 Å². The first-order valence-corrected chi connectivity index (χ1v) is 4.80. The van der Waals surface area contributed by atoms with Crippen LogP contribution >= 0.6 is 0 Å². The SMILES string of the molecule is Cc1nc(C)c(-c2ncc(CCN)o2)o1. The Hall–Kier alpha value is -1.62. The van der Waals surface area contributed by atoms with Crippen molar-refractivity contribution in [2.45, 2.75) is 20.3 Å². The van der Waals surface area contributed by atoms with Crippen LogP contribution in [0.2, 0.25) is 0 Å². The Balaban J connectivity index is 2.32. The summed E-state index contributed by atoms with van der Waals surface area (Å²) in [6, 6.07) is 0. The molecule has 0 radical (unpaired) electrons. The minimum absolute atomic E-state index is 0.469. The van der Waals surface area contributed by atoms with Crippen molar-refractivity contribution >= 4 is 0 Å². The molecule has 0 aliphatic rings. The van der Waals surface area contributed by atoms with Crippen molar-refractivity contribution in [2.75, 3.05) is 6.54 Å². The van der Waals surface area contributed by atoms with E-state index in [-0.39, 0.29) is 0 Å². The zero-order chi connectivity index (χ0) is 10.8. The maximum atomic E-state index is 5.48. The summed E-state index contributed by atoms with van der Waals surface area (Å²) in [6.45, 7) is 4.20. The number of aryl methyl sites for hydroxylation is 2. The topological polar surface area (TPSA) is 78.1 Å². The average molecular weight is 207 g/mol. The second-order valence-corrected chi connectivity index (χ2v) is 3.32. The lowest BCUT2D eigenvalue weighted by Crippen LogP contribution is -2.01. The Kier molecular flexibility index (Phi) is 2.55. The van der Waals surface area contributed by atoms with Crippen molar-refractivity contribution in [3.63, 3.8) is 0 Å². The zero-order valence-electron chi connectivity index (χ0n) is 8.78. The Bertz CT molecular complexity index is 459. The van der Waals surface area contributed by atoms with Crippen molar-refractivity contribution in [3.05, 3.63) is 23.5 Å². The lowest BCUT2D eigenvalue weighted by molar-refractivity contribution is 0.474. The summed E-state index contributed by atoms with van der Waals surface area (Å²) in [5.41, 5.74) is 6.20. The standard InChI is InChI=1S/C10H13N3O2/c1-6-9(14-7(2)13-6)10-12-5-8(15-10)3-4-11/h5H,3-4,11H2,1-2H3. The van der Waals surface area contributed by atoms with Gasteiger partial charge in [0.05, 0.1) is 11.9 Å². The highest BCUT2D eigenvalue weighted by atomic mass is 16.4. The third-order valence-corrected chi connectivity index (χ3v) is 2.04. The molecule has 0 fully saturated rings. The van der Waals surface area contributed by atoms with Gasteiger partial charge in [0.15, 0.2) is 5.89 Å². The molecular formula is C10H13N3O2. The Morgan fingerprint density at radius 3 is 2.73 bits per heavy atom. The second-order valence-electron chi connectivity index (χ2n) is 3.32. The molecule has 2 aromatic heterocycles. The smallest absolute Gasteiger partial charge is 0.265 e. The molecule has 0 spiro atoms. The minimum Gasteiger partial charge on any atom is -0.439 e. The van der Waals surface area contributed by atoms with Crippen LogP contribution in [0.3, 0.4) is 0 Å². The Labute approximate surface area is 87.3 Å². The first kappa shape index (κ1) is 9.92. The third kappa shape index (κ3) is 1.92. The van der Waals surface area contributed by atoms with Crippen molar-refractivity contribution in [3.8, 4) is 11.7 Å². The molecule has 0 bridgehead atoms. The number of hydrogen-bond donors (Lipinski definition) is 1. The zero-order valence-corrected chi connectivity index (χ0v) is 8.78. The molecule has 0 aliphatic carbocycles. The molecule has 0 saturated heterocycles. The van der Waals surface area contributed by atoms with Crippen LogP contribution in [0, 0.1) is 13.8 Å². The molecule has 15 heavy (non-hydrogen) atoms. The van der Waals surface area contributed by atoms with Gasteiger partial charge in [-0.3, -0.25) is 0 Å². The fourth-order valence-corrected chi connectivity index (χ4v) is 1.40. The Morgan fingerprint density at radius 1 is 1.33 bits per heavy atom. The second kappa shape index (κ2) is 3.86. The van der Waals surface area contributed by atoms with Crippen LogP contribution in [-0.4, -0.2) is 16.5 Å². The molecule has 0 atom stereocenters. The number of oxazole rings is 2. The van der Waals surface area contributed by atoms with Crippen LogP contribution in [0.4, 0.5) is 0 Å². The van der Waals surface area contributed by atoms with Gasteiger partial charge >= 0.3 is 0 Å². The number of aromatic nitrogens is 2. The average Bonchev–Trinajstić information content (AvgIpc) is 2.73. The first-order chi connectivity index (χ1) is 7.20. The van der Waals surface area contributed by atoms with Crippen LogP contribution in [0.25, 0.3) is 11.7 Å². The van der Waals surface area contributed by atoms with Crippen molar-refractivity contribution in [2.24, 2.45) is 5.73 Å². The summed E-state index contributed by atoms with van der Waals surface area (Å²) in [4.78, 5) is 8.27. The molecule has 2 N–H and O–H groups in total. The highest BCUT2D eigenvalue weighted by Crippen LogP contribution is 2.23. The highest BCUT2D eigenvalue weighted by molar-refractivity contribution is 5.47. The van der Waals surface area contributed by atoms with Gasteiger partial charge in [0.1, 0.15) is 5.76 Å². The number of rotatable bonds is 3. The van der Waals surface area contributed by atoms with E-state index in [9.17, 15) is 0 Å². The lowest BCUT2D eigenvalue weighted by atomic mass is 10.4. The quantitative estimate of drug-likeness (QED) is 0.824. The fraction of sp³-hybridized carbons (Fsp3) is 0.400. The van der Waals surface area contributed by atoms with E-state index in [0.717, 1.165) is 11.5 Å². The van der Waals surface area contributed by atoms with Gasteiger partial charge in [-0.1, -0.05) is 0 Å². The monoisotopic (exact) mass is 207 g/mol. The van der Waals surface area contributed by atoms with Gasteiger partial charge < -0.3 is 14.6 Å². The molecule has 5 heteroatoms. The molecular weight excluding hydrogens is 194 g/mol. The Morgan fingerprint density at radius 2 is 2.13 bits per heavy atom. The third-order valence-electron chi connectivity index (χ3n) is 2.04. The molecule has 0 unspecified atom stereocenters. The number of hydrogen-bond acceptors (Lipinski definition) is 5. The van der Waals surface area contributed by atoms with E-state index in [2.05, 4.69) is 9.97 Å². The van der Waals surface area contributed by atoms with Crippen LogP contribution in [0.15, 0.2) is 15.0 Å². The molecule has 0 amide bonds. The van der Waals surface area contributed by atoms with Crippen LogP contribution < -0.4 is 5.73 Å². The maximum absolute atomic E-state index is 5.48. The lowest BCUT2D eigenvalue weighted by Gasteiger charge is -1.90. The van der Waals surface area contributed by atoms with Gasteiger partial charge in [-0.2, -0.15) is 0 Å². The maximum Gasteiger partial charge on any atom is 0.265 e. The number of nitrogens with zero attached hydrogens (tertiary/aromatic N) is 2. The summed E-state index contributed by atoms with van der Waals surface area (Å²) in [6.07, 6.45) is 2.35. The summed E-state index contributed by atoms with van der Waals surface area (Å²) >= 11 is 0.